The molecule has 1 N–H and O–H groups in total. The highest BCUT2D eigenvalue weighted by molar-refractivity contribution is 5.50. The number of nitrogens with one attached hydrogen (secondary N) is 1. The van der Waals surface area contributed by atoms with Gasteiger partial charge in [0.2, 0.25) is 0 Å². The van der Waals surface area contributed by atoms with Crippen molar-refractivity contribution in [3.8, 4) is 0 Å². The van der Waals surface area contributed by atoms with Crippen molar-refractivity contribution in [1.82, 2.24) is 0 Å². The van der Waals surface area contributed by atoms with Crippen molar-refractivity contribution in [3.63, 3.8) is 0 Å². The van der Waals surface area contributed by atoms with E-state index in [1.807, 2.05) is 13.0 Å². The van der Waals surface area contributed by atoms with Gasteiger partial charge in [0.25, 0.3) is 0 Å². The molecule has 1 aromatic carbocycles. The lowest BCUT2D eigenvalue weighted by molar-refractivity contribution is 0.626. The number of unbranched alkanes of at least 4 members (excludes halogenated alkanes) is 3. The van der Waals surface area contributed by atoms with Crippen molar-refractivity contribution < 1.29 is 4.39 Å². The maximum absolute atomic E-state index is 12.8. The average molecular weight is 221 g/mol. The number of hydrogen-bond acceptors (Lipinski definition) is 1. The molecule has 0 aliphatic carbocycles. The zero-order valence-electron chi connectivity index (χ0n) is 9.93. The van der Waals surface area contributed by atoms with Gasteiger partial charge in [-0.1, -0.05) is 12.5 Å². The Hall–Kier alpha value is -1.31. The minimum absolute atomic E-state index is 0.172. The molecule has 2 heteroatoms. The average Bonchev–Trinajstić information content (AvgIpc) is 2.26. The van der Waals surface area contributed by atoms with Gasteiger partial charge in [-0.15, -0.1) is 6.58 Å². The van der Waals surface area contributed by atoms with E-state index in [0.717, 1.165) is 30.6 Å². The Kier molecular flexibility index (Phi) is 5.62. The fourth-order valence-electron chi connectivity index (χ4n) is 1.64. The van der Waals surface area contributed by atoms with Gasteiger partial charge in [-0.3, -0.25) is 0 Å². The molecule has 0 saturated heterocycles. The molecule has 0 saturated carbocycles. The first-order valence-corrected chi connectivity index (χ1v) is 5.85. The molecule has 0 atom stereocenters. The Morgan fingerprint density at radius 3 is 2.81 bits per heavy atom. The van der Waals surface area contributed by atoms with Gasteiger partial charge in [-0.2, -0.15) is 0 Å². The zero-order valence-corrected chi connectivity index (χ0v) is 9.93. The summed E-state index contributed by atoms with van der Waals surface area (Å²) in [5, 5.41) is 3.32. The minimum Gasteiger partial charge on any atom is -0.385 e. The molecule has 0 radical (unpaired) electrons. The SMILES string of the molecule is C=CCCCCCNc1ccc(F)cc1C. The summed E-state index contributed by atoms with van der Waals surface area (Å²) in [6.45, 7) is 6.56. The van der Waals surface area contributed by atoms with Crippen LogP contribution in [0.4, 0.5) is 10.1 Å². The summed E-state index contributed by atoms with van der Waals surface area (Å²) in [7, 11) is 0. The van der Waals surface area contributed by atoms with Crippen LogP contribution in [0, 0.1) is 12.7 Å². The molecule has 0 fully saturated rings. The number of rotatable bonds is 7. The lowest BCUT2D eigenvalue weighted by atomic mass is 10.1. The third kappa shape index (κ3) is 4.47. The molecule has 1 nitrogen and oxygen atoms in total. The minimum atomic E-state index is -0.172. The predicted molar refractivity (Wildman–Crippen MR) is 68.3 cm³/mol. The first-order chi connectivity index (χ1) is 7.74. The van der Waals surface area contributed by atoms with Crippen molar-refractivity contribution in [1.29, 1.82) is 0 Å². The highest BCUT2D eigenvalue weighted by Crippen LogP contribution is 2.15. The van der Waals surface area contributed by atoms with Crippen LogP contribution in [0.15, 0.2) is 30.9 Å². The van der Waals surface area contributed by atoms with Crippen molar-refractivity contribution in [2.45, 2.75) is 32.6 Å². The van der Waals surface area contributed by atoms with E-state index >= 15 is 0 Å². The number of hydrogen-bond donors (Lipinski definition) is 1. The van der Waals surface area contributed by atoms with E-state index in [-0.39, 0.29) is 5.82 Å². The van der Waals surface area contributed by atoms with E-state index in [2.05, 4.69) is 11.9 Å². The van der Waals surface area contributed by atoms with Gasteiger partial charge in [0.05, 0.1) is 0 Å². The third-order valence-corrected chi connectivity index (χ3v) is 2.59. The van der Waals surface area contributed by atoms with Crippen LogP contribution >= 0.6 is 0 Å². The molecule has 0 aromatic heterocycles. The molecule has 1 aromatic rings. The summed E-state index contributed by atoms with van der Waals surface area (Å²) in [6, 6.07) is 4.85. The number of aryl methyl sites for hydroxylation is 1. The summed E-state index contributed by atoms with van der Waals surface area (Å²) in [5.74, 6) is -0.172. The topological polar surface area (TPSA) is 12.0 Å². The Labute approximate surface area is 97.4 Å². The molecule has 0 aliphatic heterocycles. The van der Waals surface area contributed by atoms with E-state index < -0.39 is 0 Å². The molecule has 0 amide bonds. The van der Waals surface area contributed by atoms with Crippen LogP contribution in [0.3, 0.4) is 0 Å². The number of anilines is 1. The fraction of sp³-hybridized carbons (Fsp3) is 0.429. The smallest absolute Gasteiger partial charge is 0.123 e. The second-order valence-electron chi connectivity index (χ2n) is 4.02. The monoisotopic (exact) mass is 221 g/mol. The molecule has 0 heterocycles. The predicted octanol–water partition coefficient (Wildman–Crippen LogP) is 4.29. The van der Waals surface area contributed by atoms with Crippen molar-refractivity contribution in [3.05, 3.63) is 42.2 Å². The quantitative estimate of drug-likeness (QED) is 0.535. The summed E-state index contributed by atoms with van der Waals surface area (Å²) in [6.07, 6.45) is 6.60. The van der Waals surface area contributed by atoms with E-state index in [1.54, 1.807) is 12.1 Å². The van der Waals surface area contributed by atoms with Crippen molar-refractivity contribution in [2.75, 3.05) is 11.9 Å². The van der Waals surface area contributed by atoms with Crippen LogP contribution in [0.2, 0.25) is 0 Å². The maximum atomic E-state index is 12.8. The van der Waals surface area contributed by atoms with Gasteiger partial charge in [0.15, 0.2) is 0 Å². The summed E-state index contributed by atoms with van der Waals surface area (Å²) in [4.78, 5) is 0. The summed E-state index contributed by atoms with van der Waals surface area (Å²) < 4.78 is 12.8. The lowest BCUT2D eigenvalue weighted by Crippen LogP contribution is -2.03. The number of benzene rings is 1. The van der Waals surface area contributed by atoms with Crippen molar-refractivity contribution >= 4 is 5.69 Å². The Bertz CT molecular complexity index is 334. The van der Waals surface area contributed by atoms with Crippen LogP contribution in [0.25, 0.3) is 0 Å². The molecular formula is C14H20FN. The van der Waals surface area contributed by atoms with Crippen LogP contribution < -0.4 is 5.32 Å². The Morgan fingerprint density at radius 1 is 1.31 bits per heavy atom. The Morgan fingerprint density at radius 2 is 2.12 bits per heavy atom. The molecule has 0 spiro atoms. The van der Waals surface area contributed by atoms with Gasteiger partial charge in [0, 0.05) is 12.2 Å². The zero-order chi connectivity index (χ0) is 11.8. The van der Waals surface area contributed by atoms with Gasteiger partial charge in [0.1, 0.15) is 5.82 Å². The van der Waals surface area contributed by atoms with E-state index in [1.165, 1.54) is 18.9 Å². The number of allylic oxidation sites excluding steroid dienone is 1. The first kappa shape index (κ1) is 12.8. The van der Waals surface area contributed by atoms with Crippen LogP contribution in [0.1, 0.15) is 31.2 Å². The van der Waals surface area contributed by atoms with Crippen LogP contribution in [-0.4, -0.2) is 6.54 Å². The Balaban J connectivity index is 2.24. The van der Waals surface area contributed by atoms with Gasteiger partial charge in [-0.25, -0.2) is 4.39 Å². The second kappa shape index (κ2) is 7.04. The second-order valence-corrected chi connectivity index (χ2v) is 4.02. The van der Waals surface area contributed by atoms with E-state index in [0.29, 0.717) is 0 Å². The standard InChI is InChI=1S/C14H20FN/c1-3-4-5-6-7-10-16-14-9-8-13(15)11-12(14)2/h3,8-9,11,16H,1,4-7,10H2,2H3. The molecule has 0 aliphatic rings. The summed E-state index contributed by atoms with van der Waals surface area (Å²) in [5.41, 5.74) is 2.00. The third-order valence-electron chi connectivity index (χ3n) is 2.59. The van der Waals surface area contributed by atoms with Crippen LogP contribution in [-0.2, 0) is 0 Å². The molecule has 0 bridgehead atoms. The molecule has 0 unspecified atom stereocenters. The van der Waals surface area contributed by atoms with Gasteiger partial charge >= 0.3 is 0 Å². The maximum Gasteiger partial charge on any atom is 0.123 e. The lowest BCUT2D eigenvalue weighted by Gasteiger charge is -2.09. The normalized spacial score (nSPS) is 10.1. The van der Waals surface area contributed by atoms with E-state index in [4.69, 9.17) is 0 Å². The van der Waals surface area contributed by atoms with Crippen LogP contribution in [0.5, 0.6) is 0 Å². The van der Waals surface area contributed by atoms with Gasteiger partial charge in [-0.05, 0) is 49.9 Å². The molecular weight excluding hydrogens is 201 g/mol. The molecule has 1 rings (SSSR count). The molecule has 88 valence electrons. The first-order valence-electron chi connectivity index (χ1n) is 5.85. The van der Waals surface area contributed by atoms with Crippen molar-refractivity contribution in [2.24, 2.45) is 0 Å². The fourth-order valence-corrected chi connectivity index (χ4v) is 1.64. The highest BCUT2D eigenvalue weighted by atomic mass is 19.1. The highest BCUT2D eigenvalue weighted by Gasteiger charge is 1.98. The largest absolute Gasteiger partial charge is 0.385 e. The number of halogens is 1. The molecule has 16 heavy (non-hydrogen) atoms. The van der Waals surface area contributed by atoms with Gasteiger partial charge < -0.3 is 5.32 Å². The van der Waals surface area contributed by atoms with E-state index in [9.17, 15) is 4.39 Å². The summed E-state index contributed by atoms with van der Waals surface area (Å²) >= 11 is 0.